The van der Waals surface area contributed by atoms with Gasteiger partial charge >= 0.3 is 0 Å². The number of benzene rings is 2. The van der Waals surface area contributed by atoms with Crippen LogP contribution in [-0.4, -0.2) is 16.1 Å². The summed E-state index contributed by atoms with van der Waals surface area (Å²) < 4.78 is 0. The third-order valence-electron chi connectivity index (χ3n) is 3.42. The van der Waals surface area contributed by atoms with Gasteiger partial charge in [0.2, 0.25) is 0 Å². The van der Waals surface area contributed by atoms with Gasteiger partial charge in [-0.05, 0) is 49.7 Å². The predicted molar refractivity (Wildman–Crippen MR) is 96.7 cm³/mol. The van der Waals surface area contributed by atoms with E-state index in [4.69, 9.17) is 12.2 Å². The molecule has 0 heterocycles. The van der Waals surface area contributed by atoms with Gasteiger partial charge in [-0.1, -0.05) is 30.3 Å². The van der Waals surface area contributed by atoms with Crippen LogP contribution in [0.15, 0.2) is 54.6 Å². The van der Waals surface area contributed by atoms with Crippen molar-refractivity contribution in [3.8, 4) is 0 Å². The lowest BCUT2D eigenvalue weighted by Gasteiger charge is -2.17. The van der Waals surface area contributed by atoms with Crippen molar-refractivity contribution in [1.29, 1.82) is 0 Å². The highest BCUT2D eigenvalue weighted by Gasteiger charge is 2.07. The van der Waals surface area contributed by atoms with E-state index in [0.29, 0.717) is 5.11 Å². The largest absolute Gasteiger partial charge is 0.360 e. The average molecular weight is 329 g/mol. The van der Waals surface area contributed by atoms with Crippen LogP contribution in [0.2, 0.25) is 0 Å². The van der Waals surface area contributed by atoms with E-state index in [2.05, 4.69) is 29.7 Å². The van der Waals surface area contributed by atoms with Crippen LogP contribution in [0, 0.1) is 10.1 Å². The number of hydrogen-bond acceptors (Lipinski definition) is 3. The molecule has 1 atom stereocenters. The number of non-ortho nitro benzene ring substituents is 1. The maximum atomic E-state index is 10.6. The highest BCUT2D eigenvalue weighted by molar-refractivity contribution is 7.80. The van der Waals surface area contributed by atoms with Crippen molar-refractivity contribution in [3.05, 3.63) is 70.3 Å². The van der Waals surface area contributed by atoms with E-state index in [0.717, 1.165) is 18.5 Å². The van der Waals surface area contributed by atoms with Gasteiger partial charge < -0.3 is 10.6 Å². The normalized spacial score (nSPS) is 11.5. The molecule has 1 unspecified atom stereocenters. The number of aryl methyl sites for hydroxylation is 1. The first kappa shape index (κ1) is 16.9. The Morgan fingerprint density at radius 2 is 1.83 bits per heavy atom. The summed E-state index contributed by atoms with van der Waals surface area (Å²) >= 11 is 5.27. The Labute approximate surface area is 140 Å². The fourth-order valence-electron chi connectivity index (χ4n) is 2.16. The monoisotopic (exact) mass is 329 g/mol. The van der Waals surface area contributed by atoms with Crippen molar-refractivity contribution in [2.45, 2.75) is 25.8 Å². The molecule has 2 N–H and O–H groups in total. The summed E-state index contributed by atoms with van der Waals surface area (Å²) in [4.78, 5) is 10.2. The molecule has 2 aromatic carbocycles. The van der Waals surface area contributed by atoms with Crippen LogP contribution in [0.1, 0.15) is 18.9 Å². The number of hydrogen-bond donors (Lipinski definition) is 2. The Hall–Kier alpha value is -2.47. The minimum atomic E-state index is -0.425. The predicted octanol–water partition coefficient (Wildman–Crippen LogP) is 3.90. The van der Waals surface area contributed by atoms with Crippen molar-refractivity contribution >= 4 is 28.7 Å². The number of rotatable bonds is 6. The van der Waals surface area contributed by atoms with E-state index < -0.39 is 4.92 Å². The zero-order chi connectivity index (χ0) is 16.7. The van der Waals surface area contributed by atoms with E-state index in [-0.39, 0.29) is 11.7 Å². The van der Waals surface area contributed by atoms with Gasteiger partial charge in [0.15, 0.2) is 5.11 Å². The molecule has 0 aliphatic carbocycles. The van der Waals surface area contributed by atoms with Gasteiger partial charge in [-0.2, -0.15) is 0 Å². The summed E-state index contributed by atoms with van der Waals surface area (Å²) in [5.41, 5.74) is 2.09. The van der Waals surface area contributed by atoms with Gasteiger partial charge in [0.1, 0.15) is 0 Å². The Balaban J connectivity index is 1.78. The molecule has 0 spiro atoms. The highest BCUT2D eigenvalue weighted by Crippen LogP contribution is 2.15. The minimum absolute atomic E-state index is 0.0608. The number of nitrogens with zero attached hydrogens (tertiary/aromatic N) is 1. The molecule has 0 fully saturated rings. The van der Waals surface area contributed by atoms with Crippen molar-refractivity contribution in [2.24, 2.45) is 0 Å². The lowest BCUT2D eigenvalue weighted by Crippen LogP contribution is -2.36. The molecule has 6 heteroatoms. The maximum Gasteiger partial charge on any atom is 0.269 e. The smallest absolute Gasteiger partial charge is 0.269 e. The van der Waals surface area contributed by atoms with Crippen LogP contribution in [0.4, 0.5) is 11.4 Å². The molecular formula is C17H19N3O2S. The SMILES string of the molecule is CC(CCc1ccccc1)NC(=S)Nc1ccc([N+](=O)[O-])cc1. The fraction of sp³-hybridized carbons (Fsp3) is 0.235. The van der Waals surface area contributed by atoms with Gasteiger partial charge in [0, 0.05) is 23.9 Å². The van der Waals surface area contributed by atoms with Crippen LogP contribution in [0.5, 0.6) is 0 Å². The molecule has 0 bridgehead atoms. The Morgan fingerprint density at radius 1 is 1.17 bits per heavy atom. The first-order valence-corrected chi connectivity index (χ1v) is 7.81. The molecule has 0 amide bonds. The van der Waals surface area contributed by atoms with E-state index in [1.165, 1.54) is 17.7 Å². The first-order valence-electron chi connectivity index (χ1n) is 7.40. The lowest BCUT2D eigenvalue weighted by molar-refractivity contribution is -0.384. The zero-order valence-corrected chi connectivity index (χ0v) is 13.7. The molecule has 0 aliphatic rings. The van der Waals surface area contributed by atoms with Crippen LogP contribution in [0.3, 0.4) is 0 Å². The highest BCUT2D eigenvalue weighted by atomic mass is 32.1. The van der Waals surface area contributed by atoms with E-state index in [1.807, 2.05) is 18.2 Å². The van der Waals surface area contributed by atoms with Gasteiger partial charge in [0.25, 0.3) is 5.69 Å². The maximum absolute atomic E-state index is 10.6. The van der Waals surface area contributed by atoms with Gasteiger partial charge in [-0.3, -0.25) is 10.1 Å². The second kappa shape index (κ2) is 8.24. The topological polar surface area (TPSA) is 67.2 Å². The first-order chi connectivity index (χ1) is 11.0. The number of nitrogens with one attached hydrogen (secondary N) is 2. The third kappa shape index (κ3) is 5.67. The summed E-state index contributed by atoms with van der Waals surface area (Å²) in [6, 6.07) is 16.7. The second-order valence-corrected chi connectivity index (χ2v) is 5.74. The molecule has 0 radical (unpaired) electrons. The molecule has 5 nitrogen and oxygen atoms in total. The standard InChI is InChI=1S/C17H19N3O2S/c1-13(7-8-14-5-3-2-4-6-14)18-17(23)19-15-9-11-16(12-10-15)20(21)22/h2-6,9-13H,7-8H2,1H3,(H2,18,19,23). The van der Waals surface area contributed by atoms with Crippen LogP contribution in [-0.2, 0) is 6.42 Å². The van der Waals surface area contributed by atoms with Crippen LogP contribution in [0.25, 0.3) is 0 Å². The molecule has 120 valence electrons. The van der Waals surface area contributed by atoms with Crippen molar-refractivity contribution in [2.75, 3.05) is 5.32 Å². The molecule has 2 aromatic rings. The van der Waals surface area contributed by atoms with Crippen LogP contribution < -0.4 is 10.6 Å². The van der Waals surface area contributed by atoms with E-state index >= 15 is 0 Å². The van der Waals surface area contributed by atoms with Crippen molar-refractivity contribution < 1.29 is 4.92 Å². The quantitative estimate of drug-likeness (QED) is 0.478. The number of anilines is 1. The number of nitro groups is 1. The third-order valence-corrected chi connectivity index (χ3v) is 3.64. The summed E-state index contributed by atoms with van der Waals surface area (Å²) in [6.07, 6.45) is 1.95. The Bertz CT molecular complexity index is 659. The number of nitro benzene ring substituents is 1. The van der Waals surface area contributed by atoms with E-state index in [1.54, 1.807) is 12.1 Å². The second-order valence-electron chi connectivity index (χ2n) is 5.33. The fourth-order valence-corrected chi connectivity index (χ4v) is 2.48. The summed E-state index contributed by atoms with van der Waals surface area (Å²) in [6.45, 7) is 2.08. The Kier molecular flexibility index (Phi) is 6.05. The molecule has 23 heavy (non-hydrogen) atoms. The van der Waals surface area contributed by atoms with E-state index in [9.17, 15) is 10.1 Å². The van der Waals surface area contributed by atoms with Crippen molar-refractivity contribution in [3.63, 3.8) is 0 Å². The summed E-state index contributed by atoms with van der Waals surface area (Å²) in [5, 5.41) is 17.4. The van der Waals surface area contributed by atoms with Gasteiger partial charge in [-0.25, -0.2) is 0 Å². The molecule has 0 saturated heterocycles. The molecule has 0 aromatic heterocycles. The number of thiocarbonyl (C=S) groups is 1. The summed E-state index contributed by atoms with van der Waals surface area (Å²) in [7, 11) is 0. The lowest BCUT2D eigenvalue weighted by atomic mass is 10.1. The molecular weight excluding hydrogens is 310 g/mol. The minimum Gasteiger partial charge on any atom is -0.360 e. The average Bonchev–Trinajstić information content (AvgIpc) is 2.54. The van der Waals surface area contributed by atoms with Crippen LogP contribution >= 0.6 is 12.2 Å². The van der Waals surface area contributed by atoms with Gasteiger partial charge in [0.05, 0.1) is 4.92 Å². The summed E-state index contributed by atoms with van der Waals surface area (Å²) in [5.74, 6) is 0. The zero-order valence-electron chi connectivity index (χ0n) is 12.9. The van der Waals surface area contributed by atoms with Gasteiger partial charge in [-0.15, -0.1) is 0 Å². The molecule has 0 saturated carbocycles. The Morgan fingerprint density at radius 3 is 2.43 bits per heavy atom. The molecule has 0 aliphatic heterocycles. The molecule has 2 rings (SSSR count). The van der Waals surface area contributed by atoms with Crippen molar-refractivity contribution in [1.82, 2.24) is 5.32 Å².